The zero-order chi connectivity index (χ0) is 24.8. The molecule has 2 aliphatic rings. The number of carbonyl (C=O) groups is 3. The van der Waals surface area contributed by atoms with Gasteiger partial charge in [0.25, 0.3) is 0 Å². The molecule has 0 atom stereocenters. The summed E-state index contributed by atoms with van der Waals surface area (Å²) in [7, 11) is 1.68. The Hall–Kier alpha value is -3.00. The molecule has 1 aliphatic heterocycles. The first-order chi connectivity index (χ1) is 16.9. The molecule has 0 radical (unpaired) electrons. The zero-order valence-corrected chi connectivity index (χ0v) is 20.8. The van der Waals surface area contributed by atoms with Crippen LogP contribution >= 0.6 is 11.8 Å². The molecule has 1 heterocycles. The molecular weight excluding hydrogens is 464 g/mol. The predicted octanol–water partition coefficient (Wildman–Crippen LogP) is 4.50. The van der Waals surface area contributed by atoms with Crippen molar-refractivity contribution in [2.75, 3.05) is 31.7 Å². The maximum absolute atomic E-state index is 13.0. The number of thioether (sulfide) groups is 1. The normalized spacial score (nSPS) is 16.1. The Kier molecular flexibility index (Phi) is 8.00. The van der Waals surface area contributed by atoms with Crippen LogP contribution in [0.5, 0.6) is 0 Å². The van der Waals surface area contributed by atoms with Crippen LogP contribution in [0.15, 0.2) is 48.5 Å². The van der Waals surface area contributed by atoms with E-state index in [1.807, 2.05) is 36.0 Å². The molecule has 2 aromatic rings. The molecule has 8 heteroatoms. The van der Waals surface area contributed by atoms with Gasteiger partial charge < -0.3 is 20.1 Å². The number of hydrogen-bond acceptors (Lipinski definition) is 5. The fraction of sp³-hybridized carbons (Fsp3) is 0.444. The number of nitrogens with one attached hydrogen (secondary N) is 1. The Morgan fingerprint density at radius 2 is 1.66 bits per heavy atom. The molecule has 186 valence electrons. The average molecular weight is 497 g/mol. The fourth-order valence-electron chi connectivity index (χ4n) is 4.98. The van der Waals surface area contributed by atoms with Crippen LogP contribution in [0.2, 0.25) is 0 Å². The third-order valence-electron chi connectivity index (χ3n) is 6.96. The number of aliphatic carboxylic acids is 1. The van der Waals surface area contributed by atoms with Crippen molar-refractivity contribution in [3.8, 4) is 11.1 Å². The number of amides is 2. The summed E-state index contributed by atoms with van der Waals surface area (Å²) in [6.07, 6.45) is 1.49. The van der Waals surface area contributed by atoms with E-state index in [1.165, 1.54) is 11.1 Å². The number of ether oxygens (including phenoxy) is 1. The minimum atomic E-state index is -0.872. The van der Waals surface area contributed by atoms with E-state index >= 15 is 0 Å². The third kappa shape index (κ3) is 5.99. The minimum Gasteiger partial charge on any atom is -0.481 e. The molecule has 2 N–H and O–H groups in total. The third-order valence-corrected chi connectivity index (χ3v) is 7.95. The van der Waals surface area contributed by atoms with Crippen LogP contribution in [0.4, 0.5) is 4.79 Å². The highest BCUT2D eigenvalue weighted by Crippen LogP contribution is 2.44. The highest BCUT2D eigenvalue weighted by atomic mass is 32.2. The number of carboxylic acids is 1. The minimum absolute atomic E-state index is 0.0204. The first-order valence-corrected chi connectivity index (χ1v) is 13.2. The molecule has 35 heavy (non-hydrogen) atoms. The van der Waals surface area contributed by atoms with E-state index in [2.05, 4.69) is 29.6 Å². The van der Waals surface area contributed by atoms with E-state index in [0.29, 0.717) is 25.8 Å². The average Bonchev–Trinajstić information content (AvgIpc) is 3.16. The van der Waals surface area contributed by atoms with E-state index in [-0.39, 0.29) is 31.3 Å². The van der Waals surface area contributed by atoms with Gasteiger partial charge in [0.15, 0.2) is 0 Å². The summed E-state index contributed by atoms with van der Waals surface area (Å²) in [5.74, 6) is 0.733. The molecule has 1 fully saturated rings. The van der Waals surface area contributed by atoms with Crippen LogP contribution in [0.25, 0.3) is 11.1 Å². The number of fused-ring (bicyclic) bond motifs is 3. The van der Waals surface area contributed by atoms with Crippen LogP contribution in [0.3, 0.4) is 0 Å². The molecular formula is C27H32N2O5S. The van der Waals surface area contributed by atoms with Gasteiger partial charge in [0.05, 0.1) is 12.0 Å². The second-order valence-corrected chi connectivity index (χ2v) is 10.6. The van der Waals surface area contributed by atoms with E-state index in [4.69, 9.17) is 9.84 Å². The summed E-state index contributed by atoms with van der Waals surface area (Å²) >= 11 is 1.81. The van der Waals surface area contributed by atoms with Gasteiger partial charge in [-0.05, 0) is 53.0 Å². The molecule has 0 saturated carbocycles. The van der Waals surface area contributed by atoms with E-state index in [9.17, 15) is 14.4 Å². The Bertz CT molecular complexity index is 1040. The molecule has 2 aromatic carbocycles. The summed E-state index contributed by atoms with van der Waals surface area (Å²) in [6.45, 7) is 0.606. The summed E-state index contributed by atoms with van der Waals surface area (Å²) in [5, 5.41) is 11.9. The molecule has 0 aromatic heterocycles. The van der Waals surface area contributed by atoms with Crippen LogP contribution in [0.1, 0.15) is 49.1 Å². The lowest BCUT2D eigenvalue weighted by Gasteiger charge is -2.38. The number of alkyl carbamates (subject to hydrolysis) is 1. The fourth-order valence-corrected chi connectivity index (χ4v) is 6.25. The molecule has 0 spiro atoms. The van der Waals surface area contributed by atoms with Crippen LogP contribution in [0, 0.1) is 0 Å². The number of nitrogens with zero attached hydrogens (tertiary/aromatic N) is 1. The SMILES string of the molecule is CN(CCCC(=O)O)C(=O)CC1(NC(=O)OCC2c3ccccc3-c3ccccc32)CCSCC1. The number of rotatable bonds is 9. The van der Waals surface area contributed by atoms with Crippen LogP contribution < -0.4 is 5.32 Å². The van der Waals surface area contributed by atoms with Gasteiger partial charge in [-0.1, -0.05) is 48.5 Å². The maximum atomic E-state index is 13.0. The Labute approximate surface area is 210 Å². The highest BCUT2D eigenvalue weighted by molar-refractivity contribution is 7.99. The number of benzene rings is 2. The van der Waals surface area contributed by atoms with Gasteiger partial charge >= 0.3 is 12.1 Å². The van der Waals surface area contributed by atoms with E-state index in [0.717, 1.165) is 22.6 Å². The first kappa shape index (κ1) is 25.1. The van der Waals surface area contributed by atoms with Gasteiger partial charge in [0.2, 0.25) is 5.91 Å². The molecule has 0 unspecified atom stereocenters. The molecule has 1 saturated heterocycles. The lowest BCUT2D eigenvalue weighted by Crippen LogP contribution is -2.53. The standard InChI is InChI=1S/C27H32N2O5S/c1-29(14-6-11-25(31)32)24(30)17-27(12-15-35-16-13-27)28-26(33)34-18-23-21-9-4-2-7-19(21)20-8-3-5-10-22(20)23/h2-5,7-10,23H,6,11-18H2,1H3,(H,28,33)(H,31,32). The quantitative estimate of drug-likeness (QED) is 0.531. The summed E-state index contributed by atoms with van der Waals surface area (Å²) in [6, 6.07) is 16.4. The van der Waals surface area contributed by atoms with Gasteiger partial charge in [0.1, 0.15) is 6.61 Å². The second kappa shape index (κ2) is 11.2. The topological polar surface area (TPSA) is 95.9 Å². The van der Waals surface area contributed by atoms with Crippen molar-refractivity contribution in [1.29, 1.82) is 0 Å². The van der Waals surface area contributed by atoms with Crippen molar-refractivity contribution >= 4 is 29.7 Å². The summed E-state index contributed by atoms with van der Waals surface area (Å²) in [4.78, 5) is 38.2. The second-order valence-electron chi connectivity index (χ2n) is 9.33. The van der Waals surface area contributed by atoms with Crippen molar-refractivity contribution in [1.82, 2.24) is 10.2 Å². The Balaban J connectivity index is 1.39. The summed E-state index contributed by atoms with van der Waals surface area (Å²) < 4.78 is 5.75. The lowest BCUT2D eigenvalue weighted by molar-refractivity contribution is -0.138. The van der Waals surface area contributed by atoms with Gasteiger partial charge in [-0.2, -0.15) is 11.8 Å². The molecule has 2 amide bonds. The molecule has 1 aliphatic carbocycles. The Morgan fingerprint density at radius 1 is 1.06 bits per heavy atom. The van der Waals surface area contributed by atoms with Crippen molar-refractivity contribution < 1.29 is 24.2 Å². The van der Waals surface area contributed by atoms with Crippen molar-refractivity contribution in [2.24, 2.45) is 0 Å². The number of carboxylic acid groups (broad SMARTS) is 1. The van der Waals surface area contributed by atoms with Crippen molar-refractivity contribution in [2.45, 2.75) is 43.6 Å². The highest BCUT2D eigenvalue weighted by Gasteiger charge is 2.38. The first-order valence-electron chi connectivity index (χ1n) is 12.1. The Morgan fingerprint density at radius 3 is 2.26 bits per heavy atom. The van der Waals surface area contributed by atoms with Crippen LogP contribution in [-0.2, 0) is 14.3 Å². The molecule has 4 rings (SSSR count). The molecule has 7 nitrogen and oxygen atoms in total. The van der Waals surface area contributed by atoms with Gasteiger partial charge in [0, 0.05) is 25.9 Å². The van der Waals surface area contributed by atoms with E-state index < -0.39 is 17.6 Å². The lowest BCUT2D eigenvalue weighted by atomic mass is 9.88. The predicted molar refractivity (Wildman–Crippen MR) is 137 cm³/mol. The largest absolute Gasteiger partial charge is 0.481 e. The van der Waals surface area contributed by atoms with Gasteiger partial charge in [-0.25, -0.2) is 4.79 Å². The smallest absolute Gasteiger partial charge is 0.407 e. The van der Waals surface area contributed by atoms with Crippen LogP contribution in [-0.4, -0.2) is 65.2 Å². The number of hydrogen-bond donors (Lipinski definition) is 2. The van der Waals surface area contributed by atoms with Crippen molar-refractivity contribution in [3.05, 3.63) is 59.7 Å². The number of carbonyl (C=O) groups excluding carboxylic acids is 2. The monoisotopic (exact) mass is 496 g/mol. The van der Waals surface area contributed by atoms with Gasteiger partial charge in [-0.15, -0.1) is 0 Å². The maximum Gasteiger partial charge on any atom is 0.407 e. The summed E-state index contributed by atoms with van der Waals surface area (Å²) in [5.41, 5.74) is 4.02. The van der Waals surface area contributed by atoms with Crippen molar-refractivity contribution in [3.63, 3.8) is 0 Å². The molecule has 0 bridgehead atoms. The van der Waals surface area contributed by atoms with Gasteiger partial charge in [-0.3, -0.25) is 9.59 Å². The van der Waals surface area contributed by atoms with E-state index in [1.54, 1.807) is 11.9 Å². The zero-order valence-electron chi connectivity index (χ0n) is 20.0.